The van der Waals surface area contributed by atoms with Gasteiger partial charge in [0, 0.05) is 47.0 Å². The second kappa shape index (κ2) is 13.9. The Morgan fingerprint density at radius 3 is 1.78 bits per heavy atom. The van der Waals surface area contributed by atoms with Gasteiger partial charge in [-0.3, -0.25) is 14.4 Å². The van der Waals surface area contributed by atoms with Crippen LogP contribution in [0.15, 0.2) is 60.9 Å². The highest BCUT2D eigenvalue weighted by atomic mass is 32.2. The van der Waals surface area contributed by atoms with Crippen molar-refractivity contribution in [3.05, 3.63) is 72.1 Å². The fourth-order valence-corrected chi connectivity index (χ4v) is 5.22. The first-order valence-electron chi connectivity index (χ1n) is 13.2. The molecule has 2 aromatic heterocycles. The van der Waals surface area contributed by atoms with E-state index in [-0.39, 0.29) is 25.8 Å². The SMILES string of the molecule is CSCCC(NC(=O)C(Cc1c[nH]c2ccccc12)NC(=O)C(Cc1c[nH]c2ccccc12)NC(=O)CN)C(=O)O. The Labute approximate surface area is 241 Å². The van der Waals surface area contributed by atoms with Gasteiger partial charge in [0.15, 0.2) is 0 Å². The Morgan fingerprint density at radius 1 is 0.805 bits per heavy atom. The van der Waals surface area contributed by atoms with E-state index in [1.165, 1.54) is 11.8 Å². The number of nitrogens with one attached hydrogen (secondary N) is 5. The van der Waals surface area contributed by atoms with E-state index in [1.807, 2.05) is 54.8 Å². The minimum Gasteiger partial charge on any atom is -0.480 e. The highest BCUT2D eigenvalue weighted by Gasteiger charge is 2.30. The number of carbonyl (C=O) groups is 4. The molecule has 0 radical (unpaired) electrons. The van der Waals surface area contributed by atoms with Gasteiger partial charge in [0.05, 0.1) is 6.54 Å². The highest BCUT2D eigenvalue weighted by molar-refractivity contribution is 7.98. The van der Waals surface area contributed by atoms with E-state index < -0.39 is 41.8 Å². The molecule has 0 aliphatic heterocycles. The number of aromatic amines is 2. The number of para-hydroxylation sites is 2. The molecule has 11 nitrogen and oxygen atoms in total. The van der Waals surface area contributed by atoms with Crippen LogP contribution in [0.5, 0.6) is 0 Å². The van der Waals surface area contributed by atoms with E-state index in [1.54, 1.807) is 12.4 Å². The molecule has 0 saturated heterocycles. The van der Waals surface area contributed by atoms with Crippen molar-refractivity contribution in [2.75, 3.05) is 18.6 Å². The van der Waals surface area contributed by atoms with Crippen molar-refractivity contribution in [3.63, 3.8) is 0 Å². The Balaban J connectivity index is 1.61. The van der Waals surface area contributed by atoms with Crippen molar-refractivity contribution >= 4 is 57.3 Å². The molecule has 216 valence electrons. The Kier molecular flexibility index (Phi) is 10.0. The van der Waals surface area contributed by atoms with E-state index in [2.05, 4.69) is 25.9 Å². The zero-order valence-electron chi connectivity index (χ0n) is 22.6. The molecule has 3 atom stereocenters. The minimum atomic E-state index is -1.16. The summed E-state index contributed by atoms with van der Waals surface area (Å²) in [6.45, 7) is -0.313. The largest absolute Gasteiger partial charge is 0.480 e. The predicted molar refractivity (Wildman–Crippen MR) is 159 cm³/mol. The number of carboxylic acids is 1. The summed E-state index contributed by atoms with van der Waals surface area (Å²) in [6, 6.07) is 11.9. The molecule has 3 amide bonds. The van der Waals surface area contributed by atoms with Gasteiger partial charge in [0.2, 0.25) is 17.7 Å². The lowest BCUT2D eigenvalue weighted by atomic mass is 10.0. The number of fused-ring (bicyclic) bond motifs is 2. The summed E-state index contributed by atoms with van der Waals surface area (Å²) in [5.41, 5.74) is 8.85. The Hall–Kier alpha value is -4.29. The summed E-state index contributed by atoms with van der Waals surface area (Å²) in [6.07, 6.45) is 5.86. The number of aromatic nitrogens is 2. The lowest BCUT2D eigenvalue weighted by Crippen LogP contribution is -2.57. The summed E-state index contributed by atoms with van der Waals surface area (Å²) in [4.78, 5) is 57.6. The number of aliphatic carboxylic acids is 1. The first kappa shape index (κ1) is 29.7. The van der Waals surface area contributed by atoms with Gasteiger partial charge in [-0.05, 0) is 41.7 Å². The summed E-state index contributed by atoms with van der Waals surface area (Å²) < 4.78 is 0. The third-order valence-corrected chi connectivity index (χ3v) is 7.54. The molecule has 2 aromatic carbocycles. The predicted octanol–water partition coefficient (Wildman–Crippen LogP) is 1.69. The van der Waals surface area contributed by atoms with Crippen LogP contribution in [0.1, 0.15) is 17.5 Å². The number of carboxylic acid groups (broad SMARTS) is 1. The molecule has 0 aliphatic rings. The maximum Gasteiger partial charge on any atom is 0.326 e. The van der Waals surface area contributed by atoms with Crippen LogP contribution in [0, 0.1) is 0 Å². The molecule has 4 aromatic rings. The molecule has 2 heterocycles. The van der Waals surface area contributed by atoms with Crippen LogP contribution in [-0.2, 0) is 32.0 Å². The average molecular weight is 579 g/mol. The topological polar surface area (TPSA) is 182 Å². The number of hydrogen-bond donors (Lipinski definition) is 7. The van der Waals surface area contributed by atoms with Crippen molar-refractivity contribution in [1.29, 1.82) is 0 Å². The molecule has 12 heteroatoms. The van der Waals surface area contributed by atoms with Gasteiger partial charge in [-0.2, -0.15) is 11.8 Å². The standard InChI is InChI=1S/C29H34N6O5S/c1-41-11-10-23(29(39)40)34-28(38)25(13-18-16-32-22-9-5-3-7-20(18)22)35-27(37)24(33-26(36)14-30)12-17-15-31-21-8-4-2-6-19(17)21/h2-9,15-16,23-25,31-32H,10-14,30H2,1H3,(H,33,36)(H,34,38)(H,35,37)(H,39,40). The van der Waals surface area contributed by atoms with Gasteiger partial charge < -0.3 is 36.8 Å². The maximum atomic E-state index is 13.7. The third kappa shape index (κ3) is 7.47. The van der Waals surface area contributed by atoms with Gasteiger partial charge in [0.25, 0.3) is 0 Å². The molecular formula is C29H34N6O5S. The first-order valence-corrected chi connectivity index (χ1v) is 14.6. The Morgan fingerprint density at radius 2 is 1.29 bits per heavy atom. The van der Waals surface area contributed by atoms with E-state index in [0.29, 0.717) is 5.75 Å². The summed E-state index contributed by atoms with van der Waals surface area (Å²) >= 11 is 1.47. The number of carbonyl (C=O) groups excluding carboxylic acids is 3. The third-order valence-electron chi connectivity index (χ3n) is 6.89. The van der Waals surface area contributed by atoms with Gasteiger partial charge in [-0.15, -0.1) is 0 Å². The number of amides is 3. The van der Waals surface area contributed by atoms with E-state index >= 15 is 0 Å². The molecule has 0 spiro atoms. The van der Waals surface area contributed by atoms with Gasteiger partial charge >= 0.3 is 5.97 Å². The van der Waals surface area contributed by atoms with Crippen LogP contribution in [-0.4, -0.2) is 75.4 Å². The molecule has 41 heavy (non-hydrogen) atoms. The van der Waals surface area contributed by atoms with E-state index in [9.17, 15) is 24.3 Å². The number of benzene rings is 2. The van der Waals surface area contributed by atoms with Crippen molar-refractivity contribution in [3.8, 4) is 0 Å². The van der Waals surface area contributed by atoms with Crippen LogP contribution in [0.4, 0.5) is 0 Å². The van der Waals surface area contributed by atoms with E-state index in [0.717, 1.165) is 32.9 Å². The van der Waals surface area contributed by atoms with Gasteiger partial charge in [0.1, 0.15) is 18.1 Å². The minimum absolute atomic E-state index is 0.0983. The fraction of sp³-hybridized carbons (Fsp3) is 0.310. The Bertz CT molecular complexity index is 1530. The highest BCUT2D eigenvalue weighted by Crippen LogP contribution is 2.21. The number of hydrogen-bond acceptors (Lipinski definition) is 6. The quantitative estimate of drug-likeness (QED) is 0.119. The van der Waals surface area contributed by atoms with E-state index in [4.69, 9.17) is 5.73 Å². The fourth-order valence-electron chi connectivity index (χ4n) is 4.75. The average Bonchev–Trinajstić information content (AvgIpc) is 3.58. The molecule has 8 N–H and O–H groups in total. The second-order valence-electron chi connectivity index (χ2n) is 9.69. The molecule has 3 unspecified atom stereocenters. The zero-order valence-corrected chi connectivity index (χ0v) is 23.4. The number of nitrogens with two attached hydrogens (primary N) is 1. The van der Waals surface area contributed by atoms with Crippen LogP contribution < -0.4 is 21.7 Å². The van der Waals surface area contributed by atoms with Crippen molar-refractivity contribution < 1.29 is 24.3 Å². The van der Waals surface area contributed by atoms with Crippen LogP contribution >= 0.6 is 11.8 Å². The van der Waals surface area contributed by atoms with Gasteiger partial charge in [-0.1, -0.05) is 36.4 Å². The van der Waals surface area contributed by atoms with Gasteiger partial charge in [-0.25, -0.2) is 4.79 Å². The molecule has 0 aliphatic carbocycles. The second-order valence-corrected chi connectivity index (χ2v) is 10.7. The summed E-state index contributed by atoms with van der Waals surface area (Å²) in [5.74, 6) is -2.36. The summed E-state index contributed by atoms with van der Waals surface area (Å²) in [7, 11) is 0. The number of rotatable bonds is 14. The number of H-pyrrole nitrogens is 2. The smallest absolute Gasteiger partial charge is 0.326 e. The molecule has 0 bridgehead atoms. The van der Waals surface area contributed by atoms with Crippen molar-refractivity contribution in [1.82, 2.24) is 25.9 Å². The normalized spacial score (nSPS) is 13.4. The van der Waals surface area contributed by atoms with Crippen molar-refractivity contribution in [2.24, 2.45) is 5.73 Å². The molecule has 0 fully saturated rings. The molecule has 0 saturated carbocycles. The first-order chi connectivity index (χ1) is 19.8. The van der Waals surface area contributed by atoms with Crippen LogP contribution in [0.25, 0.3) is 21.8 Å². The molecule has 4 rings (SSSR count). The van der Waals surface area contributed by atoms with Crippen molar-refractivity contribution in [2.45, 2.75) is 37.4 Å². The summed E-state index contributed by atoms with van der Waals surface area (Å²) in [5, 5.41) is 19.5. The lowest BCUT2D eigenvalue weighted by molar-refractivity contribution is -0.142. The van der Waals surface area contributed by atoms with Crippen LogP contribution in [0.3, 0.4) is 0 Å². The number of thioether (sulfide) groups is 1. The lowest BCUT2D eigenvalue weighted by Gasteiger charge is -2.24. The maximum absolute atomic E-state index is 13.7. The zero-order chi connectivity index (χ0) is 29.4. The van der Waals surface area contributed by atoms with Crippen LogP contribution in [0.2, 0.25) is 0 Å². The monoisotopic (exact) mass is 578 g/mol. The molecular weight excluding hydrogens is 544 g/mol.